The molecule has 1 aromatic carbocycles. The lowest BCUT2D eigenvalue weighted by molar-refractivity contribution is -0.116. The lowest BCUT2D eigenvalue weighted by atomic mass is 10.1. The minimum Gasteiger partial charge on any atom is -0.292 e. The molecule has 0 saturated heterocycles. The van der Waals surface area contributed by atoms with Crippen LogP contribution in [0.5, 0.6) is 0 Å². The lowest BCUT2D eigenvalue weighted by Crippen LogP contribution is -2.41. The molecule has 1 N–H and O–H groups in total. The Morgan fingerprint density at radius 2 is 2.18 bits per heavy atom. The summed E-state index contributed by atoms with van der Waals surface area (Å²) < 4.78 is 44.9. The van der Waals surface area contributed by atoms with Gasteiger partial charge in [0, 0.05) is 18.9 Å². The van der Waals surface area contributed by atoms with Crippen molar-refractivity contribution in [3.05, 3.63) is 29.6 Å². The van der Waals surface area contributed by atoms with Gasteiger partial charge in [-0.3, -0.25) is 14.2 Å². The van der Waals surface area contributed by atoms with Gasteiger partial charge in [0.25, 0.3) is 10.1 Å². The third-order valence-corrected chi connectivity index (χ3v) is 3.77. The number of carbonyl (C=O) groups is 1. The van der Waals surface area contributed by atoms with Crippen LogP contribution < -0.4 is 4.90 Å². The van der Waals surface area contributed by atoms with Crippen molar-refractivity contribution in [3.63, 3.8) is 0 Å². The minimum atomic E-state index is -4.44. The van der Waals surface area contributed by atoms with Gasteiger partial charge in [-0.15, -0.1) is 0 Å². The van der Waals surface area contributed by atoms with Gasteiger partial charge < -0.3 is 0 Å². The molecule has 1 atom stereocenters. The fourth-order valence-corrected chi connectivity index (χ4v) is 2.91. The van der Waals surface area contributed by atoms with E-state index in [0.29, 0.717) is 0 Å². The second-order valence-corrected chi connectivity index (χ2v) is 5.37. The maximum atomic E-state index is 13.5. The zero-order valence-corrected chi connectivity index (χ0v) is 9.74. The van der Waals surface area contributed by atoms with Crippen molar-refractivity contribution < 1.29 is 22.2 Å². The molecule has 0 saturated carbocycles. The van der Waals surface area contributed by atoms with Crippen LogP contribution in [-0.4, -0.2) is 24.3 Å². The molecule has 1 aliphatic rings. The second-order valence-electron chi connectivity index (χ2n) is 3.80. The molecule has 1 aliphatic heterocycles. The van der Waals surface area contributed by atoms with E-state index in [4.69, 9.17) is 4.55 Å². The van der Waals surface area contributed by atoms with Gasteiger partial charge in [-0.2, -0.15) is 8.42 Å². The quantitative estimate of drug-likeness (QED) is 0.762. The molecule has 0 radical (unpaired) electrons. The van der Waals surface area contributed by atoms with Crippen LogP contribution >= 0.6 is 0 Å². The molecule has 92 valence electrons. The van der Waals surface area contributed by atoms with Crippen molar-refractivity contribution >= 4 is 21.7 Å². The van der Waals surface area contributed by atoms with Crippen molar-refractivity contribution in [2.24, 2.45) is 0 Å². The largest absolute Gasteiger partial charge is 0.292 e. The highest BCUT2D eigenvalue weighted by atomic mass is 32.2. The van der Waals surface area contributed by atoms with Crippen LogP contribution in [0.15, 0.2) is 18.2 Å². The van der Waals surface area contributed by atoms with Crippen LogP contribution in [0.3, 0.4) is 0 Å². The van der Waals surface area contributed by atoms with Gasteiger partial charge in [0.15, 0.2) is 5.37 Å². The first-order chi connectivity index (χ1) is 7.82. The Bertz CT molecular complexity index is 584. The van der Waals surface area contributed by atoms with Gasteiger partial charge in [-0.05, 0) is 12.1 Å². The lowest BCUT2D eigenvalue weighted by Gasteiger charge is -2.21. The Morgan fingerprint density at radius 1 is 1.53 bits per heavy atom. The molecule has 0 bridgehead atoms. The van der Waals surface area contributed by atoms with Crippen molar-refractivity contribution in [1.29, 1.82) is 0 Å². The summed E-state index contributed by atoms with van der Waals surface area (Å²) in [4.78, 5) is 12.3. The number of carbonyl (C=O) groups excluding carboxylic acids is 1. The number of hydrogen-bond acceptors (Lipinski definition) is 3. The summed E-state index contributed by atoms with van der Waals surface area (Å²) in [6, 6.07) is 4.02. The van der Waals surface area contributed by atoms with Gasteiger partial charge >= 0.3 is 0 Å². The molecule has 2 rings (SSSR count). The van der Waals surface area contributed by atoms with Crippen molar-refractivity contribution in [2.45, 2.75) is 18.7 Å². The average Bonchev–Trinajstić information content (AvgIpc) is 2.57. The molecule has 1 aromatic rings. The summed E-state index contributed by atoms with van der Waals surface area (Å²) in [7, 11) is -4.44. The fourth-order valence-electron chi connectivity index (χ4n) is 2.01. The maximum Gasteiger partial charge on any atom is 0.287 e. The fraction of sp³-hybridized carbons (Fsp3) is 0.300. The number of rotatable bonds is 1. The van der Waals surface area contributed by atoms with E-state index in [0.717, 1.165) is 11.8 Å². The highest BCUT2D eigenvalue weighted by molar-refractivity contribution is 7.86. The van der Waals surface area contributed by atoms with E-state index < -0.39 is 27.2 Å². The number of fused-ring (bicyclic) bond motifs is 1. The number of nitrogens with zero attached hydrogens (tertiary/aromatic N) is 1. The zero-order valence-electron chi connectivity index (χ0n) is 8.92. The van der Waals surface area contributed by atoms with Crippen LogP contribution in [0, 0.1) is 5.82 Å². The molecule has 0 fully saturated rings. The van der Waals surface area contributed by atoms with Gasteiger partial charge in [-0.1, -0.05) is 6.07 Å². The molecule has 0 aliphatic carbocycles. The number of benzene rings is 1. The second kappa shape index (κ2) is 3.78. The Hall–Kier alpha value is -1.47. The predicted octanol–water partition coefficient (Wildman–Crippen LogP) is 0.949. The summed E-state index contributed by atoms with van der Waals surface area (Å²) in [5.41, 5.74) is 0.324. The van der Waals surface area contributed by atoms with Crippen LogP contribution in [0.4, 0.5) is 10.1 Å². The Morgan fingerprint density at radius 3 is 2.71 bits per heavy atom. The van der Waals surface area contributed by atoms with Gasteiger partial charge in [-0.25, -0.2) is 4.39 Å². The van der Waals surface area contributed by atoms with E-state index in [1.807, 2.05) is 0 Å². The molecule has 1 heterocycles. The zero-order chi connectivity index (χ0) is 12.8. The standard InChI is InChI=1S/C10H10FNO4S/c1-6(13)12-9-4-2-3-8(11)7(9)5-10(12)17(14,15)16/h2-4,10H,5H2,1H3,(H,14,15,16). The van der Waals surface area contributed by atoms with Crippen LogP contribution in [0.25, 0.3) is 0 Å². The maximum absolute atomic E-state index is 13.5. The van der Waals surface area contributed by atoms with Gasteiger partial charge in [0.05, 0.1) is 5.69 Å². The summed E-state index contributed by atoms with van der Waals surface area (Å²) >= 11 is 0. The van der Waals surface area contributed by atoms with Crippen molar-refractivity contribution in [1.82, 2.24) is 0 Å². The Labute approximate surface area is 97.6 Å². The normalized spacial score (nSPS) is 19.2. The van der Waals surface area contributed by atoms with E-state index in [9.17, 15) is 17.6 Å². The Kier molecular flexibility index (Phi) is 2.67. The molecular formula is C10H10FNO4S. The number of amides is 1. The van der Waals surface area contributed by atoms with E-state index >= 15 is 0 Å². The average molecular weight is 259 g/mol. The summed E-state index contributed by atoms with van der Waals surface area (Å²) in [6.07, 6.45) is -0.236. The van der Waals surface area contributed by atoms with Crippen LogP contribution in [0.2, 0.25) is 0 Å². The van der Waals surface area contributed by atoms with Crippen molar-refractivity contribution in [2.75, 3.05) is 4.90 Å². The van der Waals surface area contributed by atoms with E-state index in [1.54, 1.807) is 0 Å². The minimum absolute atomic E-state index is 0.130. The number of anilines is 1. The number of hydrogen-bond donors (Lipinski definition) is 1. The van der Waals surface area contributed by atoms with Crippen LogP contribution in [-0.2, 0) is 21.3 Å². The molecule has 0 aromatic heterocycles. The molecule has 1 unspecified atom stereocenters. The van der Waals surface area contributed by atoms with Crippen molar-refractivity contribution in [3.8, 4) is 0 Å². The highest BCUT2D eigenvalue weighted by Gasteiger charge is 2.41. The van der Waals surface area contributed by atoms with Gasteiger partial charge in [0.2, 0.25) is 5.91 Å². The van der Waals surface area contributed by atoms with E-state index in [-0.39, 0.29) is 17.7 Å². The molecule has 1 amide bonds. The third kappa shape index (κ3) is 1.91. The topological polar surface area (TPSA) is 74.7 Å². The summed E-state index contributed by atoms with van der Waals surface area (Å²) in [5, 5.41) is -1.44. The Balaban J connectivity index is 2.60. The third-order valence-electron chi connectivity index (χ3n) is 2.70. The first-order valence-electron chi connectivity index (χ1n) is 4.86. The van der Waals surface area contributed by atoms with Gasteiger partial charge in [0.1, 0.15) is 5.82 Å². The molecule has 7 heteroatoms. The highest BCUT2D eigenvalue weighted by Crippen LogP contribution is 2.35. The smallest absolute Gasteiger partial charge is 0.287 e. The SMILES string of the molecule is CC(=O)N1c2cccc(F)c2CC1S(=O)(=O)O. The number of halogens is 1. The van der Waals surface area contributed by atoms with E-state index in [1.165, 1.54) is 18.2 Å². The molecular weight excluding hydrogens is 249 g/mol. The summed E-state index contributed by atoms with van der Waals surface area (Å²) in [5.74, 6) is -1.14. The monoisotopic (exact) mass is 259 g/mol. The predicted molar refractivity (Wildman–Crippen MR) is 58.6 cm³/mol. The van der Waals surface area contributed by atoms with Crippen LogP contribution in [0.1, 0.15) is 12.5 Å². The first-order valence-corrected chi connectivity index (χ1v) is 6.36. The molecule has 0 spiro atoms. The first kappa shape index (κ1) is 12.0. The summed E-state index contributed by atoms with van der Waals surface area (Å²) in [6.45, 7) is 1.16. The van der Waals surface area contributed by atoms with E-state index in [2.05, 4.69) is 0 Å². The molecule has 5 nitrogen and oxygen atoms in total. The molecule has 17 heavy (non-hydrogen) atoms.